The van der Waals surface area contributed by atoms with Crippen molar-refractivity contribution in [1.29, 1.82) is 0 Å². The van der Waals surface area contributed by atoms with E-state index in [0.29, 0.717) is 18.7 Å². The molecule has 2 saturated heterocycles. The Morgan fingerprint density at radius 2 is 1.61 bits per heavy atom. The number of nitrogens with zero attached hydrogens (tertiary/aromatic N) is 3. The normalized spacial score (nSPS) is 17.8. The minimum Gasteiger partial charge on any atom is -0.339 e. The second-order valence-electron chi connectivity index (χ2n) is 9.02. The Hall–Kier alpha value is -2.73. The van der Waals surface area contributed by atoms with Gasteiger partial charge in [0.15, 0.2) is 5.78 Å². The summed E-state index contributed by atoms with van der Waals surface area (Å²) in [6.07, 6.45) is 4.04. The highest BCUT2D eigenvalue weighted by Gasteiger charge is 2.52. The first-order valence-electron chi connectivity index (χ1n) is 12.0. The lowest BCUT2D eigenvalue weighted by Gasteiger charge is -2.43. The molecule has 2 aromatic carbocycles. The van der Waals surface area contributed by atoms with E-state index >= 15 is 0 Å². The Kier molecular flexibility index (Phi) is 8.61. The van der Waals surface area contributed by atoms with Crippen LogP contribution in [0.3, 0.4) is 0 Å². The Morgan fingerprint density at radius 3 is 2.21 bits per heavy atom. The van der Waals surface area contributed by atoms with Crippen molar-refractivity contribution in [3.63, 3.8) is 0 Å². The monoisotopic (exact) mass is 453 g/mol. The number of piperidine rings is 1. The van der Waals surface area contributed by atoms with Crippen LogP contribution < -0.4 is 4.90 Å². The van der Waals surface area contributed by atoms with Crippen molar-refractivity contribution < 1.29 is 14.0 Å². The Morgan fingerprint density at radius 1 is 1.00 bits per heavy atom. The fraction of sp³-hybridized carbons (Fsp3) is 0.481. The summed E-state index contributed by atoms with van der Waals surface area (Å²) in [5.74, 6) is -0.0748. The second-order valence-corrected chi connectivity index (χ2v) is 9.02. The summed E-state index contributed by atoms with van der Waals surface area (Å²) in [5.41, 5.74) is 1.19. The summed E-state index contributed by atoms with van der Waals surface area (Å²) < 4.78 is 13.0. The van der Waals surface area contributed by atoms with Gasteiger partial charge in [-0.15, -0.1) is 0 Å². The molecule has 0 unspecified atom stereocenters. The van der Waals surface area contributed by atoms with Crippen molar-refractivity contribution in [1.82, 2.24) is 9.80 Å². The number of ketones is 1. The summed E-state index contributed by atoms with van der Waals surface area (Å²) in [5, 5.41) is 0. The number of anilines is 1. The molecule has 2 heterocycles. The standard InChI is InChI=1S/C24H28FN3O2.C3H8/c1-26-18-28(21-6-3-2-4-7-21)24(23(26)30)13-16-27(17-14-24)15-5-8-22(29)19-9-11-20(25)12-10-19;1-3-2/h2-4,6-7,9-12H,5,8,13-18H2,1H3;3H2,1-2H3. The molecular formula is C27H36FN3O2. The third kappa shape index (κ3) is 5.80. The first kappa shape index (κ1) is 24.9. The van der Waals surface area contributed by atoms with Crippen molar-refractivity contribution in [3.05, 3.63) is 66.0 Å². The molecule has 0 radical (unpaired) electrons. The van der Waals surface area contributed by atoms with Gasteiger partial charge >= 0.3 is 0 Å². The van der Waals surface area contributed by atoms with Gasteiger partial charge in [-0.25, -0.2) is 4.39 Å². The van der Waals surface area contributed by atoms with E-state index in [1.807, 2.05) is 30.1 Å². The molecule has 5 nitrogen and oxygen atoms in total. The molecule has 2 aliphatic rings. The zero-order valence-corrected chi connectivity index (χ0v) is 20.1. The summed E-state index contributed by atoms with van der Waals surface area (Å²) in [7, 11) is 1.88. The third-order valence-corrected chi connectivity index (χ3v) is 6.41. The van der Waals surface area contributed by atoms with Gasteiger partial charge in [0.05, 0.1) is 6.67 Å². The minimum atomic E-state index is -0.462. The first-order valence-corrected chi connectivity index (χ1v) is 12.0. The fourth-order valence-electron chi connectivity index (χ4n) is 4.69. The molecule has 2 aromatic rings. The predicted octanol–water partition coefficient (Wildman–Crippen LogP) is 4.98. The fourth-order valence-corrected chi connectivity index (χ4v) is 4.69. The average Bonchev–Trinajstić information content (AvgIpc) is 3.07. The van der Waals surface area contributed by atoms with Crippen molar-refractivity contribution in [2.45, 2.75) is 51.5 Å². The number of likely N-dealkylation sites (N-methyl/N-ethyl adjacent to an activating group) is 1. The van der Waals surface area contributed by atoms with E-state index in [1.54, 1.807) is 12.1 Å². The lowest BCUT2D eigenvalue weighted by Crippen LogP contribution is -2.56. The van der Waals surface area contributed by atoms with Gasteiger partial charge in [-0.3, -0.25) is 9.59 Å². The zero-order valence-electron chi connectivity index (χ0n) is 20.1. The summed E-state index contributed by atoms with van der Waals surface area (Å²) in [4.78, 5) is 31.8. The number of rotatable bonds is 6. The summed E-state index contributed by atoms with van der Waals surface area (Å²) >= 11 is 0. The Bertz CT molecular complexity index is 909. The molecule has 178 valence electrons. The number of para-hydroxylation sites is 1. The number of halogens is 1. The quantitative estimate of drug-likeness (QED) is 0.579. The van der Waals surface area contributed by atoms with Crippen LogP contribution in [0.4, 0.5) is 10.1 Å². The number of amides is 1. The van der Waals surface area contributed by atoms with Crippen molar-refractivity contribution in [2.75, 3.05) is 38.3 Å². The molecular weight excluding hydrogens is 417 g/mol. The van der Waals surface area contributed by atoms with Gasteiger partial charge in [0.2, 0.25) is 5.91 Å². The van der Waals surface area contributed by atoms with Gasteiger partial charge in [-0.2, -0.15) is 0 Å². The van der Waals surface area contributed by atoms with Gasteiger partial charge in [-0.05, 0) is 62.2 Å². The van der Waals surface area contributed by atoms with E-state index in [9.17, 15) is 14.0 Å². The summed E-state index contributed by atoms with van der Waals surface area (Å²) in [6.45, 7) is 7.38. The van der Waals surface area contributed by atoms with Gasteiger partial charge in [0.1, 0.15) is 11.4 Å². The van der Waals surface area contributed by atoms with Crippen molar-refractivity contribution in [3.8, 4) is 0 Å². The SMILES string of the molecule is CCC.CN1CN(c2ccccc2)C2(CCN(CCCC(=O)c3ccc(F)cc3)CC2)C1=O. The first-order chi connectivity index (χ1) is 15.9. The molecule has 2 fully saturated rings. The highest BCUT2D eigenvalue weighted by atomic mass is 19.1. The number of carbonyl (C=O) groups excluding carboxylic acids is 2. The van der Waals surface area contributed by atoms with Crippen LogP contribution in [0.25, 0.3) is 0 Å². The number of Topliss-reactive ketones (excluding diaryl/α,β-unsaturated/α-hetero) is 1. The van der Waals surface area contributed by atoms with E-state index in [1.165, 1.54) is 18.6 Å². The lowest BCUT2D eigenvalue weighted by atomic mass is 9.85. The Balaban J connectivity index is 0.000000968. The maximum Gasteiger partial charge on any atom is 0.249 e. The van der Waals surface area contributed by atoms with Crippen LogP contribution in [0.2, 0.25) is 0 Å². The molecule has 2 aliphatic heterocycles. The number of likely N-dealkylation sites (tertiary alicyclic amines) is 1. The van der Waals surface area contributed by atoms with E-state index < -0.39 is 5.54 Å². The molecule has 1 spiro atoms. The smallest absolute Gasteiger partial charge is 0.249 e. The minimum absolute atomic E-state index is 0.0475. The van der Waals surface area contributed by atoms with Crippen LogP contribution in [0, 0.1) is 5.82 Å². The second kappa shape index (κ2) is 11.4. The molecule has 0 aromatic heterocycles. The molecule has 4 rings (SSSR count). The van der Waals surface area contributed by atoms with E-state index in [2.05, 4.69) is 35.8 Å². The van der Waals surface area contributed by atoms with Crippen LogP contribution in [-0.4, -0.2) is 60.4 Å². The molecule has 0 N–H and O–H groups in total. The predicted molar refractivity (Wildman–Crippen MR) is 131 cm³/mol. The number of benzene rings is 2. The molecule has 33 heavy (non-hydrogen) atoms. The van der Waals surface area contributed by atoms with Crippen LogP contribution in [0.15, 0.2) is 54.6 Å². The average molecular weight is 454 g/mol. The molecule has 0 aliphatic carbocycles. The highest BCUT2D eigenvalue weighted by molar-refractivity contribution is 5.96. The maximum absolute atomic E-state index is 13.1. The molecule has 6 heteroatoms. The Labute approximate surface area is 197 Å². The van der Waals surface area contributed by atoms with E-state index in [4.69, 9.17) is 0 Å². The van der Waals surface area contributed by atoms with E-state index in [-0.39, 0.29) is 17.5 Å². The number of hydrogen-bond acceptors (Lipinski definition) is 4. The molecule has 1 amide bonds. The summed E-state index contributed by atoms with van der Waals surface area (Å²) in [6, 6.07) is 15.9. The number of carbonyl (C=O) groups is 2. The van der Waals surface area contributed by atoms with Crippen molar-refractivity contribution >= 4 is 17.4 Å². The maximum atomic E-state index is 13.1. The molecule has 0 bridgehead atoms. The van der Waals surface area contributed by atoms with Gasteiger partial charge in [0, 0.05) is 37.8 Å². The van der Waals surface area contributed by atoms with Gasteiger partial charge < -0.3 is 14.7 Å². The molecule has 0 atom stereocenters. The van der Waals surface area contributed by atoms with Gasteiger partial charge in [-0.1, -0.05) is 38.5 Å². The van der Waals surface area contributed by atoms with Crippen molar-refractivity contribution in [2.24, 2.45) is 0 Å². The van der Waals surface area contributed by atoms with E-state index in [0.717, 1.165) is 44.6 Å². The third-order valence-electron chi connectivity index (χ3n) is 6.41. The number of hydrogen-bond donors (Lipinski definition) is 0. The molecule has 0 saturated carbocycles. The van der Waals surface area contributed by atoms with Crippen LogP contribution in [0.5, 0.6) is 0 Å². The highest BCUT2D eigenvalue weighted by Crippen LogP contribution is 2.38. The van der Waals surface area contributed by atoms with Gasteiger partial charge in [0.25, 0.3) is 0 Å². The topological polar surface area (TPSA) is 43.9 Å². The van der Waals surface area contributed by atoms with Crippen LogP contribution in [-0.2, 0) is 4.79 Å². The lowest BCUT2D eigenvalue weighted by molar-refractivity contribution is -0.132. The van der Waals surface area contributed by atoms with Crippen LogP contribution >= 0.6 is 0 Å². The van der Waals surface area contributed by atoms with Crippen LogP contribution in [0.1, 0.15) is 56.3 Å². The largest absolute Gasteiger partial charge is 0.339 e. The zero-order chi connectivity index (χ0) is 23.8.